The fourth-order valence-electron chi connectivity index (χ4n) is 0.819. The Hall–Kier alpha value is -1.40. The van der Waals surface area contributed by atoms with Crippen LogP contribution in [-0.2, 0) is 9.59 Å². The molecule has 0 radical (unpaired) electrons. The molecule has 1 rings (SSSR count). The lowest BCUT2D eigenvalue weighted by atomic mass is 10.2. The van der Waals surface area contributed by atoms with Gasteiger partial charge in [0.15, 0.2) is 0 Å². The molecule has 0 spiro atoms. The highest BCUT2D eigenvalue weighted by molar-refractivity contribution is 5.74. The second kappa shape index (κ2) is 7.95. The van der Waals surface area contributed by atoms with E-state index < -0.39 is 18.0 Å². The molecular formula is C9H16N2O4. The predicted molar refractivity (Wildman–Crippen MR) is 54.5 cm³/mol. The molecule has 1 aliphatic rings. The monoisotopic (exact) mass is 216 g/mol. The molecule has 1 heterocycles. The number of carboxylic acids is 2. The van der Waals surface area contributed by atoms with Crippen LogP contribution in [0.25, 0.3) is 0 Å². The maximum Gasteiger partial charge on any atom is 0.320 e. The summed E-state index contributed by atoms with van der Waals surface area (Å²) in [6.07, 6.45) is 4.03. The number of carboxylic acid groups (broad SMARTS) is 2. The fraction of sp³-hybridized carbons (Fsp3) is 0.556. The van der Waals surface area contributed by atoms with Crippen molar-refractivity contribution in [3.8, 4) is 0 Å². The second-order valence-corrected chi connectivity index (χ2v) is 3.01. The van der Waals surface area contributed by atoms with Crippen molar-refractivity contribution in [1.29, 1.82) is 0 Å². The number of aliphatic carboxylic acids is 2. The van der Waals surface area contributed by atoms with E-state index in [1.165, 1.54) is 0 Å². The van der Waals surface area contributed by atoms with E-state index in [1.54, 1.807) is 0 Å². The molecule has 6 nitrogen and oxygen atoms in total. The normalized spacial score (nSPS) is 15.3. The van der Waals surface area contributed by atoms with E-state index in [0.717, 1.165) is 13.1 Å². The van der Waals surface area contributed by atoms with Gasteiger partial charge in [0.05, 0.1) is 0 Å². The van der Waals surface area contributed by atoms with Gasteiger partial charge in [-0.05, 0) is 6.42 Å². The average molecular weight is 216 g/mol. The number of hydrogen-bond donors (Lipinski definition) is 4. The zero-order chi connectivity index (χ0) is 11.7. The maximum absolute atomic E-state index is 9.99. The Bertz CT molecular complexity index is 234. The van der Waals surface area contributed by atoms with Crippen LogP contribution < -0.4 is 11.1 Å². The SMILES string of the molecule is C1=CCNC1.N[C@@H](CCC(=O)O)C(=O)O. The van der Waals surface area contributed by atoms with Gasteiger partial charge in [-0.25, -0.2) is 0 Å². The van der Waals surface area contributed by atoms with Crippen LogP contribution in [0, 0.1) is 0 Å². The molecule has 0 aromatic rings. The maximum atomic E-state index is 9.99. The van der Waals surface area contributed by atoms with Crippen molar-refractivity contribution in [2.75, 3.05) is 13.1 Å². The largest absolute Gasteiger partial charge is 0.481 e. The van der Waals surface area contributed by atoms with Crippen molar-refractivity contribution < 1.29 is 19.8 Å². The zero-order valence-electron chi connectivity index (χ0n) is 8.35. The summed E-state index contributed by atoms with van der Waals surface area (Å²) in [6, 6.07) is -1.06. The molecule has 5 N–H and O–H groups in total. The number of hydrogen-bond acceptors (Lipinski definition) is 4. The van der Waals surface area contributed by atoms with E-state index >= 15 is 0 Å². The van der Waals surface area contributed by atoms with Gasteiger partial charge in [-0.2, -0.15) is 0 Å². The topological polar surface area (TPSA) is 113 Å². The highest BCUT2D eigenvalue weighted by atomic mass is 16.4. The van der Waals surface area contributed by atoms with E-state index in [4.69, 9.17) is 15.9 Å². The van der Waals surface area contributed by atoms with Crippen LogP contribution in [-0.4, -0.2) is 41.3 Å². The molecular weight excluding hydrogens is 200 g/mol. The van der Waals surface area contributed by atoms with Crippen molar-refractivity contribution >= 4 is 11.9 Å². The van der Waals surface area contributed by atoms with Gasteiger partial charge < -0.3 is 21.3 Å². The Morgan fingerprint density at radius 3 is 2.13 bits per heavy atom. The van der Waals surface area contributed by atoms with Crippen LogP contribution in [0.2, 0.25) is 0 Å². The van der Waals surface area contributed by atoms with Crippen molar-refractivity contribution in [3.63, 3.8) is 0 Å². The molecule has 0 aliphatic carbocycles. The van der Waals surface area contributed by atoms with E-state index in [0.29, 0.717) is 0 Å². The second-order valence-electron chi connectivity index (χ2n) is 3.01. The van der Waals surface area contributed by atoms with Crippen molar-refractivity contribution in [1.82, 2.24) is 5.32 Å². The molecule has 86 valence electrons. The predicted octanol–water partition coefficient (Wildman–Crippen LogP) is -0.591. The summed E-state index contributed by atoms with van der Waals surface area (Å²) in [5.74, 6) is -2.20. The average Bonchev–Trinajstić information content (AvgIpc) is 2.71. The molecule has 1 atom stereocenters. The van der Waals surface area contributed by atoms with Crippen LogP contribution in [0.5, 0.6) is 0 Å². The van der Waals surface area contributed by atoms with E-state index in [-0.39, 0.29) is 12.8 Å². The van der Waals surface area contributed by atoms with Gasteiger partial charge in [0.1, 0.15) is 6.04 Å². The molecule has 0 bridgehead atoms. The van der Waals surface area contributed by atoms with Crippen molar-refractivity contribution in [2.24, 2.45) is 5.73 Å². The standard InChI is InChI=1S/C5H9NO4.C4H7N/c6-3(5(9)10)1-2-4(7)8;1-2-4-5-3-1/h3H,1-2,6H2,(H,7,8)(H,9,10);1-2,5H,3-4H2/t3-;/m0./s1. The van der Waals surface area contributed by atoms with Crippen LogP contribution in [0.3, 0.4) is 0 Å². The molecule has 0 unspecified atom stereocenters. The summed E-state index contributed by atoms with van der Waals surface area (Å²) in [5, 5.41) is 19.4. The first kappa shape index (κ1) is 13.6. The highest BCUT2D eigenvalue weighted by Gasteiger charge is 2.12. The minimum atomic E-state index is -1.17. The van der Waals surface area contributed by atoms with Gasteiger partial charge in [-0.3, -0.25) is 9.59 Å². The van der Waals surface area contributed by atoms with Crippen LogP contribution in [0.1, 0.15) is 12.8 Å². The summed E-state index contributed by atoms with van der Waals surface area (Å²) in [4.78, 5) is 19.9. The van der Waals surface area contributed by atoms with Gasteiger partial charge in [0, 0.05) is 19.5 Å². The highest BCUT2D eigenvalue weighted by Crippen LogP contribution is 1.93. The van der Waals surface area contributed by atoms with Gasteiger partial charge in [0.25, 0.3) is 0 Å². The molecule has 15 heavy (non-hydrogen) atoms. The Morgan fingerprint density at radius 2 is 1.87 bits per heavy atom. The van der Waals surface area contributed by atoms with Crippen LogP contribution in [0.4, 0.5) is 0 Å². The lowest BCUT2D eigenvalue weighted by molar-refractivity contribution is -0.139. The Kier molecular flexibility index (Phi) is 7.21. The summed E-state index contributed by atoms with van der Waals surface area (Å²) in [7, 11) is 0. The molecule has 0 saturated carbocycles. The molecule has 0 amide bonds. The molecule has 0 saturated heterocycles. The van der Waals surface area contributed by atoms with Crippen molar-refractivity contribution in [2.45, 2.75) is 18.9 Å². The number of rotatable bonds is 4. The van der Waals surface area contributed by atoms with Crippen LogP contribution >= 0.6 is 0 Å². The minimum Gasteiger partial charge on any atom is -0.481 e. The van der Waals surface area contributed by atoms with Gasteiger partial charge in [-0.15, -0.1) is 0 Å². The van der Waals surface area contributed by atoms with Gasteiger partial charge in [0.2, 0.25) is 0 Å². The van der Waals surface area contributed by atoms with Gasteiger partial charge >= 0.3 is 11.9 Å². The molecule has 0 fully saturated rings. The molecule has 1 aliphatic heterocycles. The third kappa shape index (κ3) is 8.92. The number of nitrogens with one attached hydrogen (secondary N) is 1. The zero-order valence-corrected chi connectivity index (χ0v) is 8.35. The first-order valence-electron chi connectivity index (χ1n) is 4.60. The minimum absolute atomic E-state index is 0.0231. The molecule has 0 aromatic heterocycles. The van der Waals surface area contributed by atoms with Crippen LogP contribution in [0.15, 0.2) is 12.2 Å². The van der Waals surface area contributed by atoms with E-state index in [9.17, 15) is 9.59 Å². The Morgan fingerprint density at radius 1 is 1.33 bits per heavy atom. The first-order chi connectivity index (χ1) is 7.04. The smallest absolute Gasteiger partial charge is 0.320 e. The Labute approximate surface area is 87.8 Å². The van der Waals surface area contributed by atoms with E-state index in [2.05, 4.69) is 17.5 Å². The quantitative estimate of drug-likeness (QED) is 0.467. The first-order valence-corrected chi connectivity index (χ1v) is 4.60. The third-order valence-electron chi connectivity index (χ3n) is 1.68. The lowest BCUT2D eigenvalue weighted by Gasteiger charge is -2.01. The summed E-state index contributed by atoms with van der Waals surface area (Å²) in [5.41, 5.74) is 5.00. The van der Waals surface area contributed by atoms with E-state index in [1.807, 2.05) is 0 Å². The third-order valence-corrected chi connectivity index (χ3v) is 1.68. The number of carbonyl (C=O) groups is 2. The number of nitrogens with two attached hydrogens (primary N) is 1. The van der Waals surface area contributed by atoms with Crippen molar-refractivity contribution in [3.05, 3.63) is 12.2 Å². The van der Waals surface area contributed by atoms with Gasteiger partial charge in [-0.1, -0.05) is 12.2 Å². The summed E-state index contributed by atoms with van der Waals surface area (Å²) < 4.78 is 0. The fourth-order valence-corrected chi connectivity index (χ4v) is 0.819. The molecule has 0 aromatic carbocycles. The lowest BCUT2D eigenvalue weighted by Crippen LogP contribution is -2.30. The Balaban J connectivity index is 0.000000322. The molecule has 6 heteroatoms. The summed E-state index contributed by atoms with van der Waals surface area (Å²) in [6.45, 7) is 2.14. The summed E-state index contributed by atoms with van der Waals surface area (Å²) >= 11 is 0.